The van der Waals surface area contributed by atoms with Crippen LogP contribution in [0.25, 0.3) is 0 Å². The zero-order chi connectivity index (χ0) is 12.3. The quantitative estimate of drug-likeness (QED) is 0.851. The van der Waals surface area contributed by atoms with E-state index in [0.717, 1.165) is 24.5 Å². The minimum Gasteiger partial charge on any atom is -0.349 e. The van der Waals surface area contributed by atoms with Crippen LogP contribution in [0.15, 0.2) is 18.3 Å². The Bertz CT molecular complexity index is 386. The molecule has 1 N–H and O–H groups in total. The number of pyridine rings is 1. The second kappa shape index (κ2) is 5.30. The lowest BCUT2D eigenvalue weighted by Gasteiger charge is -2.27. The van der Waals surface area contributed by atoms with Crippen molar-refractivity contribution in [2.24, 2.45) is 5.92 Å². The van der Waals surface area contributed by atoms with Crippen molar-refractivity contribution in [3.63, 3.8) is 0 Å². The molecule has 0 bridgehead atoms. The van der Waals surface area contributed by atoms with Crippen molar-refractivity contribution in [3.8, 4) is 0 Å². The predicted molar refractivity (Wildman–Crippen MR) is 67.9 cm³/mol. The fraction of sp³-hybridized carbons (Fsp3) is 0.571. The van der Waals surface area contributed by atoms with E-state index in [1.54, 1.807) is 6.20 Å². The van der Waals surface area contributed by atoms with Crippen LogP contribution >= 0.6 is 0 Å². The molecule has 1 fully saturated rings. The third-order valence-electron chi connectivity index (χ3n) is 3.45. The van der Waals surface area contributed by atoms with Gasteiger partial charge in [-0.3, -0.25) is 9.78 Å². The molecule has 1 heterocycles. The van der Waals surface area contributed by atoms with E-state index in [0.29, 0.717) is 11.6 Å². The Kier molecular flexibility index (Phi) is 3.77. The number of carbonyl (C=O) groups is 1. The zero-order valence-electron chi connectivity index (χ0n) is 10.6. The number of rotatable bonds is 2. The number of nitrogens with one attached hydrogen (secondary N) is 1. The maximum Gasteiger partial charge on any atom is 0.253 e. The average Bonchev–Trinajstić information content (AvgIpc) is 2.29. The van der Waals surface area contributed by atoms with Gasteiger partial charge in [-0.2, -0.15) is 0 Å². The Morgan fingerprint density at radius 3 is 2.88 bits per heavy atom. The third kappa shape index (κ3) is 3.29. The molecule has 3 nitrogen and oxygen atoms in total. The van der Waals surface area contributed by atoms with Gasteiger partial charge in [-0.1, -0.05) is 19.8 Å². The highest BCUT2D eigenvalue weighted by Crippen LogP contribution is 2.23. The summed E-state index contributed by atoms with van der Waals surface area (Å²) >= 11 is 0. The molecule has 0 aromatic carbocycles. The summed E-state index contributed by atoms with van der Waals surface area (Å²) in [7, 11) is 0. The van der Waals surface area contributed by atoms with Crippen molar-refractivity contribution < 1.29 is 4.79 Å². The van der Waals surface area contributed by atoms with E-state index in [1.807, 2.05) is 19.1 Å². The third-order valence-corrected chi connectivity index (χ3v) is 3.45. The van der Waals surface area contributed by atoms with Gasteiger partial charge in [-0.05, 0) is 37.8 Å². The van der Waals surface area contributed by atoms with E-state index in [9.17, 15) is 4.79 Å². The van der Waals surface area contributed by atoms with Crippen LogP contribution in [0.3, 0.4) is 0 Å². The van der Waals surface area contributed by atoms with E-state index in [2.05, 4.69) is 17.2 Å². The Labute approximate surface area is 103 Å². The Morgan fingerprint density at radius 1 is 1.41 bits per heavy atom. The molecule has 0 radical (unpaired) electrons. The summed E-state index contributed by atoms with van der Waals surface area (Å²) in [5, 5.41) is 3.11. The van der Waals surface area contributed by atoms with Crippen LogP contribution in [0.1, 0.15) is 48.7 Å². The molecule has 2 atom stereocenters. The minimum absolute atomic E-state index is 0.0107. The second-order valence-corrected chi connectivity index (χ2v) is 5.13. The highest BCUT2D eigenvalue weighted by molar-refractivity contribution is 5.94. The number of hydrogen-bond donors (Lipinski definition) is 1. The van der Waals surface area contributed by atoms with Gasteiger partial charge in [0.25, 0.3) is 5.91 Å². The molecule has 0 spiro atoms. The second-order valence-electron chi connectivity index (χ2n) is 5.13. The van der Waals surface area contributed by atoms with E-state index in [-0.39, 0.29) is 5.91 Å². The van der Waals surface area contributed by atoms with E-state index in [4.69, 9.17) is 0 Å². The van der Waals surface area contributed by atoms with Crippen LogP contribution in [-0.2, 0) is 0 Å². The molecule has 1 aromatic heterocycles. The number of amides is 1. The first-order valence-electron chi connectivity index (χ1n) is 6.38. The van der Waals surface area contributed by atoms with Crippen LogP contribution in [0.4, 0.5) is 0 Å². The van der Waals surface area contributed by atoms with Gasteiger partial charge in [0.1, 0.15) is 0 Å². The van der Waals surface area contributed by atoms with Crippen molar-refractivity contribution in [3.05, 3.63) is 29.6 Å². The topological polar surface area (TPSA) is 42.0 Å². The zero-order valence-corrected chi connectivity index (χ0v) is 10.6. The SMILES string of the molecule is Cc1ccc(C(=O)N[C@@H]2CCC[C@@H](C)C2)cn1. The minimum atomic E-state index is 0.0107. The molecule has 17 heavy (non-hydrogen) atoms. The molecule has 1 saturated carbocycles. The largest absolute Gasteiger partial charge is 0.349 e. The van der Waals surface area contributed by atoms with Gasteiger partial charge < -0.3 is 5.32 Å². The summed E-state index contributed by atoms with van der Waals surface area (Å²) in [4.78, 5) is 16.1. The molecule has 1 amide bonds. The van der Waals surface area contributed by atoms with Gasteiger partial charge in [0.2, 0.25) is 0 Å². The van der Waals surface area contributed by atoms with Crippen molar-refractivity contribution in [1.29, 1.82) is 0 Å². The molecular formula is C14H20N2O. The summed E-state index contributed by atoms with van der Waals surface area (Å²) in [5.41, 5.74) is 1.60. The molecule has 0 saturated heterocycles. The van der Waals surface area contributed by atoms with Crippen molar-refractivity contribution >= 4 is 5.91 Å². The molecule has 0 unspecified atom stereocenters. The molecule has 3 heteroatoms. The van der Waals surface area contributed by atoms with Crippen LogP contribution < -0.4 is 5.32 Å². The van der Waals surface area contributed by atoms with Crippen LogP contribution in [0, 0.1) is 12.8 Å². The van der Waals surface area contributed by atoms with Gasteiger partial charge >= 0.3 is 0 Å². The smallest absolute Gasteiger partial charge is 0.253 e. The van der Waals surface area contributed by atoms with Gasteiger partial charge in [-0.15, -0.1) is 0 Å². The number of hydrogen-bond acceptors (Lipinski definition) is 2. The fourth-order valence-electron chi connectivity index (χ4n) is 2.44. The first-order chi connectivity index (χ1) is 8.15. The Morgan fingerprint density at radius 2 is 2.24 bits per heavy atom. The summed E-state index contributed by atoms with van der Waals surface area (Å²) in [6, 6.07) is 4.05. The standard InChI is InChI=1S/C14H20N2O/c1-10-4-3-5-13(8-10)16-14(17)12-7-6-11(2)15-9-12/h6-7,9-10,13H,3-5,8H2,1-2H3,(H,16,17)/t10-,13-/m1/s1. The Balaban J connectivity index is 1.94. The van der Waals surface area contributed by atoms with Crippen LogP contribution in [0.2, 0.25) is 0 Å². The average molecular weight is 232 g/mol. The monoisotopic (exact) mass is 232 g/mol. The number of aryl methyl sites for hydroxylation is 1. The fourth-order valence-corrected chi connectivity index (χ4v) is 2.44. The summed E-state index contributed by atoms with van der Waals surface area (Å²) in [5.74, 6) is 0.738. The molecule has 92 valence electrons. The predicted octanol–water partition coefficient (Wildman–Crippen LogP) is 2.70. The van der Waals surface area contributed by atoms with E-state index < -0.39 is 0 Å². The number of carbonyl (C=O) groups excluding carboxylic acids is 1. The first-order valence-corrected chi connectivity index (χ1v) is 6.38. The molecule has 2 rings (SSSR count). The Hall–Kier alpha value is -1.38. The number of nitrogens with zero attached hydrogens (tertiary/aromatic N) is 1. The lowest BCUT2D eigenvalue weighted by Crippen LogP contribution is -2.38. The van der Waals surface area contributed by atoms with Crippen molar-refractivity contribution in [2.75, 3.05) is 0 Å². The highest BCUT2D eigenvalue weighted by Gasteiger charge is 2.20. The van der Waals surface area contributed by atoms with Gasteiger partial charge in [0.05, 0.1) is 5.56 Å². The lowest BCUT2D eigenvalue weighted by atomic mass is 9.87. The summed E-state index contributed by atoms with van der Waals surface area (Å²) < 4.78 is 0. The number of aromatic nitrogens is 1. The van der Waals surface area contributed by atoms with Crippen LogP contribution in [0.5, 0.6) is 0 Å². The van der Waals surface area contributed by atoms with Crippen LogP contribution in [-0.4, -0.2) is 16.9 Å². The molecule has 1 aromatic rings. The lowest BCUT2D eigenvalue weighted by molar-refractivity contribution is 0.0921. The van der Waals surface area contributed by atoms with E-state index in [1.165, 1.54) is 12.8 Å². The van der Waals surface area contributed by atoms with Gasteiger partial charge in [-0.25, -0.2) is 0 Å². The van der Waals surface area contributed by atoms with Gasteiger partial charge in [0, 0.05) is 17.9 Å². The molecule has 1 aliphatic carbocycles. The molecule has 1 aliphatic rings. The highest BCUT2D eigenvalue weighted by atomic mass is 16.1. The normalized spacial score (nSPS) is 24.4. The van der Waals surface area contributed by atoms with Crippen molar-refractivity contribution in [1.82, 2.24) is 10.3 Å². The van der Waals surface area contributed by atoms with Gasteiger partial charge in [0.15, 0.2) is 0 Å². The maximum absolute atomic E-state index is 12.0. The van der Waals surface area contributed by atoms with Crippen molar-refractivity contribution in [2.45, 2.75) is 45.6 Å². The summed E-state index contributed by atoms with van der Waals surface area (Å²) in [6.07, 6.45) is 6.37. The summed E-state index contributed by atoms with van der Waals surface area (Å²) in [6.45, 7) is 4.18. The molecule has 0 aliphatic heterocycles. The molecular weight excluding hydrogens is 212 g/mol. The van der Waals surface area contributed by atoms with E-state index >= 15 is 0 Å². The first kappa shape index (κ1) is 12.1. The maximum atomic E-state index is 12.0.